The molecule has 5 aromatic heterocycles. The molecule has 550 valence electrons. The van der Waals surface area contributed by atoms with Gasteiger partial charge in [0.2, 0.25) is 0 Å². The highest BCUT2D eigenvalue weighted by Gasteiger charge is 2.41. The van der Waals surface area contributed by atoms with Crippen molar-refractivity contribution < 1.29 is 76.0 Å². The molecule has 0 atom stereocenters. The van der Waals surface area contributed by atoms with Crippen molar-refractivity contribution in [2.75, 3.05) is 93.6 Å². The molecule has 0 unspecified atom stereocenters. The highest BCUT2D eigenvalue weighted by atomic mass is 35.7. The number of halogens is 3. The van der Waals surface area contributed by atoms with Gasteiger partial charge in [-0.2, -0.15) is 16.8 Å². The zero-order chi connectivity index (χ0) is 74.4. The number of ether oxygens (including phenoxy) is 4. The SMILES string of the molecule is O=C1c2c(c(OS(=O)(=O)c3ccc(N4CCOCC4)nc3)c3cccnc3c2O)CN1Cc1ccc(F)cc1.O=C1c2c(c(OS(=O)(=O)c3ccc(N4CCOCC4)nc3)c3cccnc3c2OC(c2ccccc2)c2ccccc2)CN1Cc1ccc(F)cc1.O=S(=O)(Cl)c1ccc(N2CCOCC2)nc1. The topological polar surface area (TPSA) is 293 Å². The standard InChI is InChI=1S/C40H33FN4O6S.C27H23FN4O6S.C9H11ClN2O3S/c41-30-15-13-27(14-16-30)25-45-26-33-35(40(45)46)39(50-37(28-8-3-1-4-9-28)29-10-5-2-6-11-29)36-32(12-7-19-42-36)38(33)51-52(47,48)31-17-18-34(43-24-31)44-20-22-49-23-21-44;28-18-5-3-17(4-6-18)15-32-16-21-23(27(32)34)25(33)24-20(2-1-9-29-24)26(21)38-39(35,36)19-7-8-22(30-14-19)31-10-12-37-13-11-31;10-16(13,14)8-1-2-9(11-7-8)12-3-5-15-6-4-12/h1-19,24,37H,20-23,25-26H2;1-9,14,33H,10-13,15-16H2;1-2,7H,3-6H2. The third-order valence-corrected chi connectivity index (χ3v) is 22.0. The second-order valence-electron chi connectivity index (χ2n) is 25.1. The van der Waals surface area contributed by atoms with Crippen LogP contribution in [0.1, 0.15) is 60.2 Å². The molecule has 25 nitrogen and oxygen atoms in total. The Morgan fingerprint density at radius 3 is 1.23 bits per heavy atom. The fraction of sp³-hybridized carbons (Fsp3) is 0.224. The van der Waals surface area contributed by atoms with Crippen LogP contribution in [-0.2, 0) is 69.7 Å². The Balaban J connectivity index is 0.000000153. The lowest BCUT2D eigenvalue weighted by Crippen LogP contribution is -2.36. The summed E-state index contributed by atoms with van der Waals surface area (Å²) in [5.41, 5.74) is 3.99. The highest BCUT2D eigenvalue weighted by Crippen LogP contribution is 2.49. The Kier molecular flexibility index (Phi) is 21.5. The summed E-state index contributed by atoms with van der Waals surface area (Å²) in [5.74, 6) is 0.0294. The number of aromatic hydroxyl groups is 1. The second kappa shape index (κ2) is 31.6. The molecule has 0 spiro atoms. The van der Waals surface area contributed by atoms with Gasteiger partial charge in [0.1, 0.15) is 60.9 Å². The summed E-state index contributed by atoms with van der Waals surface area (Å²) in [6.45, 7) is 7.94. The molecular weight excluding hydrogens is 1460 g/mol. The lowest BCUT2D eigenvalue weighted by molar-refractivity contribution is 0.0756. The van der Waals surface area contributed by atoms with Gasteiger partial charge in [-0.3, -0.25) is 19.6 Å². The van der Waals surface area contributed by atoms with Crippen LogP contribution in [-0.4, -0.2) is 156 Å². The number of morpholine rings is 3. The fourth-order valence-electron chi connectivity index (χ4n) is 12.9. The van der Waals surface area contributed by atoms with Gasteiger partial charge in [0, 0.05) is 104 Å². The summed E-state index contributed by atoms with van der Waals surface area (Å²) in [7, 11) is -7.30. The van der Waals surface area contributed by atoms with Crippen LogP contribution in [0.3, 0.4) is 0 Å². The molecular formula is C76H67ClF2N10O15S3. The Bertz CT molecular complexity index is 5390. The van der Waals surface area contributed by atoms with E-state index in [2.05, 4.69) is 24.9 Å². The quantitative estimate of drug-likeness (QED) is 0.0616. The molecule has 6 aromatic carbocycles. The van der Waals surface area contributed by atoms with Crippen molar-refractivity contribution in [1.29, 1.82) is 0 Å². The van der Waals surface area contributed by atoms with Crippen molar-refractivity contribution in [2.45, 2.75) is 47.0 Å². The smallest absolute Gasteiger partial charge is 0.340 e. The number of phenols is 1. The van der Waals surface area contributed by atoms with E-state index in [1.54, 1.807) is 77.8 Å². The lowest BCUT2D eigenvalue weighted by atomic mass is 9.99. The van der Waals surface area contributed by atoms with Gasteiger partial charge in [-0.15, -0.1) is 0 Å². The van der Waals surface area contributed by atoms with E-state index in [1.165, 1.54) is 72.2 Å². The largest absolute Gasteiger partial charge is 0.505 e. The van der Waals surface area contributed by atoms with Crippen LogP contribution in [0.2, 0.25) is 0 Å². The number of carbonyl (C=O) groups excluding carboxylic acids is 2. The Morgan fingerprint density at radius 2 is 0.832 bits per heavy atom. The normalized spacial score (nSPS) is 15.3. The number of nitrogens with zero attached hydrogens (tertiary/aromatic N) is 10. The molecule has 2 amide bonds. The van der Waals surface area contributed by atoms with Crippen molar-refractivity contribution in [2.24, 2.45) is 0 Å². The molecule has 0 aliphatic carbocycles. The van der Waals surface area contributed by atoms with E-state index in [0.717, 1.165) is 30.0 Å². The van der Waals surface area contributed by atoms with E-state index in [0.29, 0.717) is 99.5 Å². The maximum Gasteiger partial charge on any atom is 0.340 e. The number of phenolic OH excluding ortho intramolecular Hbond substituents is 1. The first-order valence-corrected chi connectivity index (χ1v) is 39.0. The molecule has 0 bridgehead atoms. The monoisotopic (exact) mass is 1530 g/mol. The van der Waals surface area contributed by atoms with Gasteiger partial charge >= 0.3 is 20.2 Å². The molecule has 11 aromatic rings. The highest BCUT2D eigenvalue weighted by molar-refractivity contribution is 8.13. The van der Waals surface area contributed by atoms with Crippen LogP contribution >= 0.6 is 10.7 Å². The van der Waals surface area contributed by atoms with Gasteiger partial charge < -0.3 is 56.9 Å². The second-order valence-corrected chi connectivity index (χ2v) is 30.8. The minimum Gasteiger partial charge on any atom is -0.505 e. The predicted molar refractivity (Wildman–Crippen MR) is 391 cm³/mol. The zero-order valence-corrected chi connectivity index (χ0v) is 60.1. The molecule has 3 saturated heterocycles. The summed E-state index contributed by atoms with van der Waals surface area (Å²) < 4.78 is 138. The van der Waals surface area contributed by atoms with Crippen LogP contribution in [0.5, 0.6) is 23.0 Å². The van der Waals surface area contributed by atoms with E-state index in [1.807, 2.05) is 75.4 Å². The number of amides is 2. The molecule has 5 aliphatic heterocycles. The number of carbonyl (C=O) groups is 2. The Labute approximate surface area is 618 Å². The van der Waals surface area contributed by atoms with E-state index < -0.39 is 58.8 Å². The van der Waals surface area contributed by atoms with Crippen molar-refractivity contribution in [3.8, 4) is 23.0 Å². The van der Waals surface area contributed by atoms with Gasteiger partial charge in [0.05, 0.1) is 76.3 Å². The van der Waals surface area contributed by atoms with Crippen molar-refractivity contribution in [1.82, 2.24) is 34.7 Å². The van der Waals surface area contributed by atoms with Crippen molar-refractivity contribution >= 4 is 91.0 Å². The fourth-order valence-corrected chi connectivity index (χ4v) is 15.4. The Morgan fingerprint density at radius 1 is 0.449 bits per heavy atom. The number of pyridine rings is 5. The average molecular weight is 1530 g/mol. The van der Waals surface area contributed by atoms with Gasteiger partial charge in [-0.25, -0.2) is 32.2 Å². The number of anilines is 3. The summed E-state index contributed by atoms with van der Waals surface area (Å²) in [6, 6.07) is 46.6. The van der Waals surface area contributed by atoms with Crippen molar-refractivity contribution in [3.05, 3.63) is 257 Å². The molecule has 107 heavy (non-hydrogen) atoms. The predicted octanol–water partition coefficient (Wildman–Crippen LogP) is 10.8. The number of benzene rings is 6. The molecule has 5 aliphatic rings. The van der Waals surface area contributed by atoms with Crippen LogP contribution < -0.4 is 27.8 Å². The minimum atomic E-state index is -4.44. The average Bonchev–Trinajstić information content (AvgIpc) is 1.64. The zero-order valence-electron chi connectivity index (χ0n) is 56.9. The first-order valence-electron chi connectivity index (χ1n) is 33.8. The van der Waals surface area contributed by atoms with E-state index in [-0.39, 0.29) is 97.0 Å². The van der Waals surface area contributed by atoms with Crippen LogP contribution in [0.25, 0.3) is 21.8 Å². The summed E-state index contributed by atoms with van der Waals surface area (Å²) in [5, 5.41) is 11.6. The number of hydrogen-bond donors (Lipinski definition) is 1. The molecule has 31 heteroatoms. The van der Waals surface area contributed by atoms with E-state index in [4.69, 9.17) is 38.0 Å². The van der Waals surface area contributed by atoms with Crippen LogP contribution in [0, 0.1) is 11.6 Å². The van der Waals surface area contributed by atoms with Gasteiger partial charge in [0.25, 0.3) is 20.9 Å². The summed E-state index contributed by atoms with van der Waals surface area (Å²) >= 11 is 0. The number of aromatic nitrogens is 5. The number of rotatable bonds is 18. The first kappa shape index (κ1) is 72.9. The van der Waals surface area contributed by atoms with Crippen LogP contribution in [0.4, 0.5) is 26.2 Å². The summed E-state index contributed by atoms with van der Waals surface area (Å²) in [4.78, 5) is 58.2. The minimum absolute atomic E-state index is 0.00709. The summed E-state index contributed by atoms with van der Waals surface area (Å²) in [6.07, 6.45) is 6.12. The van der Waals surface area contributed by atoms with Crippen LogP contribution in [0.15, 0.2) is 216 Å². The first-order chi connectivity index (χ1) is 51.7. The molecule has 1 N–H and O–H groups in total. The third-order valence-electron chi connectivity index (χ3n) is 18.3. The number of fused-ring (bicyclic) bond motifs is 4. The van der Waals surface area contributed by atoms with Gasteiger partial charge in [0.15, 0.2) is 23.0 Å². The molecule has 0 radical (unpaired) electrons. The lowest BCUT2D eigenvalue weighted by Gasteiger charge is -2.27. The molecule has 0 saturated carbocycles. The third kappa shape index (κ3) is 16.2. The van der Waals surface area contributed by atoms with Gasteiger partial charge in [-0.05, 0) is 107 Å². The molecule has 16 rings (SSSR count). The molecule has 3 fully saturated rings. The van der Waals surface area contributed by atoms with E-state index >= 15 is 0 Å². The number of hydrogen-bond acceptors (Lipinski definition) is 23. The Hall–Kier alpha value is -11.0. The van der Waals surface area contributed by atoms with E-state index in [9.17, 15) is 48.7 Å². The maximum atomic E-state index is 14.5. The maximum absolute atomic E-state index is 14.5. The van der Waals surface area contributed by atoms with Crippen molar-refractivity contribution in [3.63, 3.8) is 0 Å². The molecule has 10 heterocycles. The van der Waals surface area contributed by atoms with Gasteiger partial charge in [-0.1, -0.05) is 84.9 Å².